The average Bonchev–Trinajstić information content (AvgIpc) is 2.24. The first-order valence-corrected chi connectivity index (χ1v) is 6.88. The van der Waals surface area contributed by atoms with E-state index in [1.165, 1.54) is 0 Å². The van der Waals surface area contributed by atoms with E-state index in [1.807, 2.05) is 52.0 Å². The van der Waals surface area contributed by atoms with Crippen LogP contribution in [-0.2, 0) is 4.79 Å². The number of hydrogen-bond donors (Lipinski definition) is 2. The molecule has 0 unspecified atom stereocenters. The summed E-state index contributed by atoms with van der Waals surface area (Å²) >= 11 is 3.51. The van der Waals surface area contributed by atoms with Crippen LogP contribution in [0.1, 0.15) is 39.3 Å². The zero-order valence-electron chi connectivity index (χ0n) is 11.4. The lowest BCUT2D eigenvalue weighted by molar-refractivity contribution is -0.121. The molecule has 0 aliphatic heterocycles. The third-order valence-corrected chi connectivity index (χ3v) is 3.18. The monoisotopic (exact) mass is 312 g/mol. The van der Waals surface area contributed by atoms with Crippen LogP contribution in [-0.4, -0.2) is 18.0 Å². The number of nitrogens with one attached hydrogen (secondary N) is 2. The molecule has 1 amide bonds. The average molecular weight is 313 g/mol. The summed E-state index contributed by atoms with van der Waals surface area (Å²) in [6, 6.07) is 8.15. The van der Waals surface area contributed by atoms with Gasteiger partial charge in [0, 0.05) is 16.1 Å². The number of amides is 1. The summed E-state index contributed by atoms with van der Waals surface area (Å²) in [7, 11) is 0. The minimum atomic E-state index is -0.185. The van der Waals surface area contributed by atoms with Crippen molar-refractivity contribution in [1.29, 1.82) is 0 Å². The molecule has 0 radical (unpaired) electrons. The predicted molar refractivity (Wildman–Crippen MR) is 78.5 cm³/mol. The van der Waals surface area contributed by atoms with E-state index in [0.29, 0.717) is 6.54 Å². The SMILES string of the molecule is C[C@H](NCC(=O)NC(C)(C)C)c1ccccc1Br. The molecular weight excluding hydrogens is 292 g/mol. The van der Waals surface area contributed by atoms with Crippen molar-refractivity contribution in [2.75, 3.05) is 6.54 Å². The number of hydrogen-bond acceptors (Lipinski definition) is 2. The summed E-state index contributed by atoms with van der Waals surface area (Å²) in [6.45, 7) is 8.29. The highest BCUT2D eigenvalue weighted by Gasteiger charge is 2.15. The summed E-state index contributed by atoms with van der Waals surface area (Å²) in [4.78, 5) is 11.7. The molecule has 1 aromatic carbocycles. The summed E-state index contributed by atoms with van der Waals surface area (Å²) in [5, 5.41) is 6.15. The molecule has 0 saturated heterocycles. The van der Waals surface area contributed by atoms with Crippen molar-refractivity contribution < 1.29 is 4.79 Å². The molecule has 0 spiro atoms. The maximum absolute atomic E-state index is 11.7. The van der Waals surface area contributed by atoms with Gasteiger partial charge in [0.15, 0.2) is 0 Å². The third-order valence-electron chi connectivity index (χ3n) is 2.45. The summed E-state index contributed by atoms with van der Waals surface area (Å²) in [6.07, 6.45) is 0. The molecule has 0 bridgehead atoms. The van der Waals surface area contributed by atoms with Crippen LogP contribution in [0.15, 0.2) is 28.7 Å². The Hall–Kier alpha value is -0.870. The fourth-order valence-electron chi connectivity index (χ4n) is 1.64. The Labute approximate surface area is 117 Å². The molecule has 0 aliphatic rings. The third kappa shape index (κ3) is 5.19. The molecular formula is C14H21BrN2O. The van der Waals surface area contributed by atoms with Crippen molar-refractivity contribution >= 4 is 21.8 Å². The van der Waals surface area contributed by atoms with Crippen LogP contribution in [0.3, 0.4) is 0 Å². The van der Waals surface area contributed by atoms with Crippen LogP contribution >= 0.6 is 15.9 Å². The zero-order valence-corrected chi connectivity index (χ0v) is 13.0. The van der Waals surface area contributed by atoms with E-state index in [0.717, 1.165) is 10.0 Å². The van der Waals surface area contributed by atoms with Crippen molar-refractivity contribution in [3.63, 3.8) is 0 Å². The lowest BCUT2D eigenvalue weighted by Crippen LogP contribution is -2.45. The van der Waals surface area contributed by atoms with Crippen LogP contribution in [0.4, 0.5) is 0 Å². The quantitative estimate of drug-likeness (QED) is 0.897. The first kappa shape index (κ1) is 15.2. The molecule has 18 heavy (non-hydrogen) atoms. The fraction of sp³-hybridized carbons (Fsp3) is 0.500. The molecule has 0 aromatic heterocycles. The van der Waals surface area contributed by atoms with Gasteiger partial charge in [-0.3, -0.25) is 4.79 Å². The van der Waals surface area contributed by atoms with E-state index < -0.39 is 0 Å². The molecule has 0 fully saturated rings. The first-order valence-electron chi connectivity index (χ1n) is 6.08. The Balaban J connectivity index is 2.49. The summed E-state index contributed by atoms with van der Waals surface area (Å²) in [5.74, 6) is 0.0152. The number of carbonyl (C=O) groups excluding carboxylic acids is 1. The zero-order chi connectivity index (χ0) is 13.8. The Morgan fingerprint density at radius 3 is 2.50 bits per heavy atom. The highest BCUT2D eigenvalue weighted by molar-refractivity contribution is 9.10. The second-order valence-corrected chi connectivity index (χ2v) is 6.28. The Morgan fingerprint density at radius 1 is 1.33 bits per heavy atom. The predicted octanol–water partition coefficient (Wildman–Crippen LogP) is 3.01. The van der Waals surface area contributed by atoms with Gasteiger partial charge in [0.1, 0.15) is 0 Å². The fourth-order valence-corrected chi connectivity index (χ4v) is 2.27. The molecule has 1 atom stereocenters. The van der Waals surface area contributed by atoms with Gasteiger partial charge in [0.2, 0.25) is 5.91 Å². The van der Waals surface area contributed by atoms with Gasteiger partial charge in [-0.2, -0.15) is 0 Å². The standard InChI is InChI=1S/C14H21BrN2O/c1-10(11-7-5-6-8-12(11)15)16-9-13(18)17-14(2,3)4/h5-8,10,16H,9H2,1-4H3,(H,17,18)/t10-/m0/s1. The van der Waals surface area contributed by atoms with Crippen LogP contribution in [0.25, 0.3) is 0 Å². The minimum Gasteiger partial charge on any atom is -0.350 e. The molecule has 100 valence electrons. The molecule has 1 aromatic rings. The first-order chi connectivity index (χ1) is 8.29. The van der Waals surface area contributed by atoms with Crippen molar-refractivity contribution in [2.45, 2.75) is 39.3 Å². The van der Waals surface area contributed by atoms with E-state index >= 15 is 0 Å². The van der Waals surface area contributed by atoms with Gasteiger partial charge in [-0.1, -0.05) is 34.1 Å². The Bertz CT molecular complexity index is 413. The lowest BCUT2D eigenvalue weighted by atomic mass is 10.1. The largest absolute Gasteiger partial charge is 0.350 e. The van der Waals surface area contributed by atoms with E-state index in [-0.39, 0.29) is 17.5 Å². The van der Waals surface area contributed by atoms with Gasteiger partial charge in [-0.15, -0.1) is 0 Å². The van der Waals surface area contributed by atoms with Crippen LogP contribution in [0.2, 0.25) is 0 Å². The van der Waals surface area contributed by atoms with E-state index in [2.05, 4.69) is 26.6 Å². The molecule has 0 heterocycles. The van der Waals surface area contributed by atoms with Gasteiger partial charge in [0.25, 0.3) is 0 Å². The maximum atomic E-state index is 11.7. The Kier molecular flexibility index (Phi) is 5.35. The number of halogens is 1. The normalized spacial score (nSPS) is 13.2. The van der Waals surface area contributed by atoms with Gasteiger partial charge < -0.3 is 10.6 Å². The number of carbonyl (C=O) groups is 1. The second-order valence-electron chi connectivity index (χ2n) is 5.42. The highest BCUT2D eigenvalue weighted by atomic mass is 79.9. The van der Waals surface area contributed by atoms with Gasteiger partial charge in [-0.05, 0) is 39.3 Å². The van der Waals surface area contributed by atoms with E-state index in [4.69, 9.17) is 0 Å². The van der Waals surface area contributed by atoms with Crippen LogP contribution in [0.5, 0.6) is 0 Å². The van der Waals surface area contributed by atoms with Crippen LogP contribution in [0, 0.1) is 0 Å². The van der Waals surface area contributed by atoms with Gasteiger partial charge in [0.05, 0.1) is 6.54 Å². The van der Waals surface area contributed by atoms with Crippen molar-refractivity contribution in [1.82, 2.24) is 10.6 Å². The lowest BCUT2D eigenvalue weighted by Gasteiger charge is -2.22. The highest BCUT2D eigenvalue weighted by Crippen LogP contribution is 2.22. The topological polar surface area (TPSA) is 41.1 Å². The van der Waals surface area contributed by atoms with Gasteiger partial charge in [-0.25, -0.2) is 0 Å². The molecule has 2 N–H and O–H groups in total. The molecule has 3 nitrogen and oxygen atoms in total. The maximum Gasteiger partial charge on any atom is 0.234 e. The van der Waals surface area contributed by atoms with E-state index in [1.54, 1.807) is 0 Å². The molecule has 4 heteroatoms. The summed E-state index contributed by atoms with van der Waals surface area (Å²) in [5.41, 5.74) is 0.969. The molecule has 1 rings (SSSR count). The van der Waals surface area contributed by atoms with Crippen molar-refractivity contribution in [2.24, 2.45) is 0 Å². The molecule has 0 aliphatic carbocycles. The van der Waals surface area contributed by atoms with Gasteiger partial charge >= 0.3 is 0 Å². The minimum absolute atomic E-state index is 0.0152. The molecule has 0 saturated carbocycles. The van der Waals surface area contributed by atoms with E-state index in [9.17, 15) is 4.79 Å². The van der Waals surface area contributed by atoms with Crippen LogP contribution < -0.4 is 10.6 Å². The number of benzene rings is 1. The smallest absolute Gasteiger partial charge is 0.234 e. The van der Waals surface area contributed by atoms with Crippen molar-refractivity contribution in [3.05, 3.63) is 34.3 Å². The number of rotatable bonds is 4. The van der Waals surface area contributed by atoms with Crippen molar-refractivity contribution in [3.8, 4) is 0 Å². The Morgan fingerprint density at radius 2 is 1.94 bits per heavy atom. The summed E-state index contributed by atoms with van der Waals surface area (Å²) < 4.78 is 1.06. The second kappa shape index (κ2) is 6.34.